The maximum absolute atomic E-state index is 12.7. The number of halogens is 1. The predicted molar refractivity (Wildman–Crippen MR) is 79.8 cm³/mol. The van der Waals surface area contributed by atoms with Crippen molar-refractivity contribution in [3.8, 4) is 0 Å². The summed E-state index contributed by atoms with van der Waals surface area (Å²) >= 11 is 0. The molecule has 1 amide bonds. The van der Waals surface area contributed by atoms with Crippen LogP contribution in [-0.2, 0) is 4.79 Å². The zero-order valence-corrected chi connectivity index (χ0v) is 11.4. The largest absolute Gasteiger partial charge is 0.387 e. The second-order valence-corrected chi connectivity index (χ2v) is 4.56. The monoisotopic (exact) mass is 285 g/mol. The van der Waals surface area contributed by atoms with Crippen molar-refractivity contribution in [2.75, 3.05) is 6.54 Å². The van der Waals surface area contributed by atoms with Gasteiger partial charge in [0.05, 0.1) is 6.10 Å². The molecule has 0 bridgehead atoms. The van der Waals surface area contributed by atoms with E-state index in [1.54, 1.807) is 30.3 Å². The second kappa shape index (κ2) is 7.36. The lowest BCUT2D eigenvalue weighted by atomic mass is 10.1. The molecule has 0 fully saturated rings. The van der Waals surface area contributed by atoms with Crippen molar-refractivity contribution >= 4 is 12.0 Å². The van der Waals surface area contributed by atoms with Gasteiger partial charge in [0.25, 0.3) is 0 Å². The lowest BCUT2D eigenvalue weighted by Crippen LogP contribution is -2.26. The minimum Gasteiger partial charge on any atom is -0.387 e. The lowest BCUT2D eigenvalue weighted by molar-refractivity contribution is -0.116. The molecule has 1 atom stereocenters. The van der Waals surface area contributed by atoms with Crippen LogP contribution in [0.25, 0.3) is 6.08 Å². The van der Waals surface area contributed by atoms with E-state index in [1.165, 1.54) is 18.2 Å². The van der Waals surface area contributed by atoms with Crippen LogP contribution in [0.4, 0.5) is 4.39 Å². The number of carbonyl (C=O) groups is 1. The molecule has 4 heteroatoms. The molecule has 2 N–H and O–H groups in total. The molecule has 21 heavy (non-hydrogen) atoms. The van der Waals surface area contributed by atoms with E-state index in [4.69, 9.17) is 0 Å². The molecule has 0 aliphatic rings. The Kier molecular flexibility index (Phi) is 5.23. The van der Waals surface area contributed by atoms with Crippen molar-refractivity contribution in [1.29, 1.82) is 0 Å². The Morgan fingerprint density at radius 1 is 1.14 bits per heavy atom. The zero-order chi connectivity index (χ0) is 15.1. The average molecular weight is 285 g/mol. The molecule has 108 valence electrons. The molecule has 0 radical (unpaired) electrons. The van der Waals surface area contributed by atoms with Crippen LogP contribution in [0, 0.1) is 5.82 Å². The maximum Gasteiger partial charge on any atom is 0.244 e. The molecule has 1 unspecified atom stereocenters. The van der Waals surface area contributed by atoms with Gasteiger partial charge in [0, 0.05) is 12.6 Å². The van der Waals surface area contributed by atoms with Gasteiger partial charge in [-0.05, 0) is 29.3 Å². The Morgan fingerprint density at radius 3 is 2.48 bits per heavy atom. The third kappa shape index (κ3) is 4.85. The van der Waals surface area contributed by atoms with Crippen LogP contribution in [0.2, 0.25) is 0 Å². The van der Waals surface area contributed by atoms with Gasteiger partial charge in [0.1, 0.15) is 5.82 Å². The molecule has 2 aromatic rings. The van der Waals surface area contributed by atoms with Crippen molar-refractivity contribution in [3.63, 3.8) is 0 Å². The van der Waals surface area contributed by atoms with Gasteiger partial charge >= 0.3 is 0 Å². The minimum atomic E-state index is -0.741. The van der Waals surface area contributed by atoms with Gasteiger partial charge in [0.2, 0.25) is 5.91 Å². The molecular weight excluding hydrogens is 269 g/mol. The van der Waals surface area contributed by atoms with E-state index in [0.717, 1.165) is 11.1 Å². The number of hydrogen-bond donors (Lipinski definition) is 2. The van der Waals surface area contributed by atoms with Crippen LogP contribution < -0.4 is 5.32 Å². The molecule has 0 aliphatic heterocycles. The fourth-order valence-electron chi connectivity index (χ4n) is 1.80. The summed E-state index contributed by atoms with van der Waals surface area (Å²) in [4.78, 5) is 11.6. The van der Waals surface area contributed by atoms with Crippen molar-refractivity contribution in [1.82, 2.24) is 5.32 Å². The normalized spacial score (nSPS) is 12.3. The van der Waals surface area contributed by atoms with E-state index < -0.39 is 6.10 Å². The minimum absolute atomic E-state index is 0.136. The number of rotatable bonds is 5. The molecule has 0 saturated carbocycles. The molecule has 0 saturated heterocycles. The van der Waals surface area contributed by atoms with Crippen molar-refractivity contribution in [3.05, 3.63) is 77.6 Å². The molecule has 3 nitrogen and oxygen atoms in total. The number of nitrogens with one attached hydrogen (secondary N) is 1. The summed E-state index contributed by atoms with van der Waals surface area (Å²) in [5, 5.41) is 12.5. The topological polar surface area (TPSA) is 49.3 Å². The molecule has 0 aliphatic carbocycles. The van der Waals surface area contributed by atoms with Gasteiger partial charge < -0.3 is 10.4 Å². The smallest absolute Gasteiger partial charge is 0.244 e. The molecule has 2 rings (SSSR count). The number of amides is 1. The Hall–Kier alpha value is -2.46. The van der Waals surface area contributed by atoms with Gasteiger partial charge in [-0.15, -0.1) is 0 Å². The van der Waals surface area contributed by atoms with Crippen molar-refractivity contribution in [2.24, 2.45) is 0 Å². The quantitative estimate of drug-likeness (QED) is 0.830. The highest BCUT2D eigenvalue weighted by Gasteiger charge is 2.07. The van der Waals surface area contributed by atoms with E-state index in [2.05, 4.69) is 5.32 Å². The summed E-state index contributed by atoms with van der Waals surface area (Å²) < 4.78 is 12.7. The van der Waals surface area contributed by atoms with Crippen LogP contribution in [0.1, 0.15) is 17.2 Å². The van der Waals surface area contributed by atoms with Gasteiger partial charge in [-0.1, -0.05) is 42.5 Å². The van der Waals surface area contributed by atoms with Gasteiger partial charge in [-0.2, -0.15) is 0 Å². The third-order valence-corrected chi connectivity index (χ3v) is 2.95. The number of benzene rings is 2. The first-order valence-electron chi connectivity index (χ1n) is 6.59. The standard InChI is InChI=1S/C17H16FNO2/c18-15-9-6-13(7-10-15)8-11-17(21)19-12-16(20)14-4-2-1-3-5-14/h1-11,16,20H,12H2,(H,19,21)/b11-8+. The summed E-state index contributed by atoms with van der Waals surface area (Å²) in [5.41, 5.74) is 1.48. The zero-order valence-electron chi connectivity index (χ0n) is 11.4. The fraction of sp³-hybridized carbons (Fsp3) is 0.118. The molecule has 2 aromatic carbocycles. The first-order chi connectivity index (χ1) is 10.1. The number of aliphatic hydroxyl groups excluding tert-OH is 1. The summed E-state index contributed by atoms with van der Waals surface area (Å²) in [6, 6.07) is 14.9. The van der Waals surface area contributed by atoms with E-state index in [0.29, 0.717) is 0 Å². The summed E-state index contributed by atoms with van der Waals surface area (Å²) in [6.45, 7) is 0.136. The van der Waals surface area contributed by atoms with E-state index in [1.807, 2.05) is 18.2 Å². The Bertz CT molecular complexity index is 608. The van der Waals surface area contributed by atoms with Crippen molar-refractivity contribution in [2.45, 2.75) is 6.10 Å². The highest BCUT2D eigenvalue weighted by atomic mass is 19.1. The van der Waals surface area contributed by atoms with E-state index >= 15 is 0 Å². The SMILES string of the molecule is O=C(/C=C/c1ccc(F)cc1)NCC(O)c1ccccc1. The Labute approximate surface area is 122 Å². The first kappa shape index (κ1) is 14.9. The Morgan fingerprint density at radius 2 is 1.81 bits per heavy atom. The first-order valence-corrected chi connectivity index (χ1v) is 6.59. The highest BCUT2D eigenvalue weighted by molar-refractivity contribution is 5.91. The summed E-state index contributed by atoms with van der Waals surface area (Å²) in [5.74, 6) is -0.628. The second-order valence-electron chi connectivity index (χ2n) is 4.56. The molecule has 0 spiro atoms. The molecule has 0 heterocycles. The van der Waals surface area contributed by atoms with Crippen LogP contribution in [0.5, 0.6) is 0 Å². The fourth-order valence-corrected chi connectivity index (χ4v) is 1.80. The summed E-state index contributed by atoms with van der Waals surface area (Å²) in [6.07, 6.45) is 2.20. The molecular formula is C17H16FNO2. The van der Waals surface area contributed by atoms with Crippen LogP contribution >= 0.6 is 0 Å². The number of hydrogen-bond acceptors (Lipinski definition) is 2. The van der Waals surface area contributed by atoms with E-state index in [9.17, 15) is 14.3 Å². The van der Waals surface area contributed by atoms with E-state index in [-0.39, 0.29) is 18.3 Å². The van der Waals surface area contributed by atoms with Crippen LogP contribution in [-0.4, -0.2) is 17.6 Å². The Balaban J connectivity index is 1.83. The van der Waals surface area contributed by atoms with Gasteiger partial charge in [-0.25, -0.2) is 4.39 Å². The lowest BCUT2D eigenvalue weighted by Gasteiger charge is -2.10. The summed E-state index contributed by atoms with van der Waals surface area (Å²) in [7, 11) is 0. The van der Waals surface area contributed by atoms with Crippen molar-refractivity contribution < 1.29 is 14.3 Å². The van der Waals surface area contributed by atoms with Crippen LogP contribution in [0.3, 0.4) is 0 Å². The van der Waals surface area contributed by atoms with Gasteiger partial charge in [-0.3, -0.25) is 4.79 Å². The maximum atomic E-state index is 12.7. The molecule has 0 aromatic heterocycles. The van der Waals surface area contributed by atoms with Crippen LogP contribution in [0.15, 0.2) is 60.7 Å². The predicted octanol–water partition coefficient (Wildman–Crippen LogP) is 2.69. The number of aliphatic hydroxyl groups is 1. The highest BCUT2D eigenvalue weighted by Crippen LogP contribution is 2.10. The van der Waals surface area contributed by atoms with Gasteiger partial charge in [0.15, 0.2) is 0 Å². The average Bonchev–Trinajstić information content (AvgIpc) is 2.53. The number of carbonyl (C=O) groups excluding carboxylic acids is 1. The third-order valence-electron chi connectivity index (χ3n) is 2.95.